The number of para-hydroxylation sites is 1. The molecule has 136 valence electrons. The van der Waals surface area contributed by atoms with Crippen molar-refractivity contribution in [1.29, 1.82) is 0 Å². The second-order valence-electron chi connectivity index (χ2n) is 6.98. The summed E-state index contributed by atoms with van der Waals surface area (Å²) in [4.78, 5) is 14.4. The third-order valence-electron chi connectivity index (χ3n) is 3.47. The summed E-state index contributed by atoms with van der Waals surface area (Å²) in [5, 5.41) is 15.3. The Bertz CT molecular complexity index is 688. The molecule has 0 unspecified atom stereocenters. The van der Waals surface area contributed by atoms with Crippen molar-refractivity contribution in [3.63, 3.8) is 0 Å². The molecule has 0 bridgehead atoms. The zero-order valence-corrected chi connectivity index (χ0v) is 16.4. The molecule has 1 aromatic heterocycles. The second-order valence-corrected chi connectivity index (χ2v) is 7.93. The van der Waals surface area contributed by atoms with E-state index in [0.717, 1.165) is 29.5 Å². The van der Waals surface area contributed by atoms with E-state index in [0.29, 0.717) is 17.0 Å². The number of hydrogen-bond donors (Lipinski definition) is 2. The van der Waals surface area contributed by atoms with Crippen LogP contribution in [-0.2, 0) is 0 Å². The van der Waals surface area contributed by atoms with Crippen molar-refractivity contribution in [2.75, 3.05) is 28.6 Å². The van der Waals surface area contributed by atoms with Crippen molar-refractivity contribution in [3.05, 3.63) is 29.8 Å². The monoisotopic (exact) mass is 361 g/mol. The number of aromatic nitrogens is 2. The number of carbonyl (C=O) groups excluding carboxylic acids is 1. The largest absolute Gasteiger partial charge is 0.346 e. The molecule has 0 spiro atoms. The fraction of sp³-hybridized carbons (Fsp3) is 0.500. The Labute approximate surface area is 153 Å². The van der Waals surface area contributed by atoms with Crippen molar-refractivity contribution in [2.45, 2.75) is 34.6 Å². The molecule has 25 heavy (non-hydrogen) atoms. The molecule has 2 aromatic rings. The van der Waals surface area contributed by atoms with Gasteiger partial charge in [0.15, 0.2) is 0 Å². The number of benzene rings is 1. The average Bonchev–Trinajstić information content (AvgIpc) is 2.96. The minimum Gasteiger partial charge on any atom is -0.346 e. The summed E-state index contributed by atoms with van der Waals surface area (Å²) in [6.45, 7) is 12.5. The van der Waals surface area contributed by atoms with E-state index in [-0.39, 0.29) is 6.03 Å². The molecule has 1 heterocycles. The molecule has 0 atom stereocenters. The van der Waals surface area contributed by atoms with Crippen molar-refractivity contribution >= 4 is 33.3 Å². The van der Waals surface area contributed by atoms with Gasteiger partial charge in [0.05, 0.1) is 0 Å². The third-order valence-corrected chi connectivity index (χ3v) is 4.37. The Hall–Kier alpha value is -2.15. The number of urea groups is 1. The van der Waals surface area contributed by atoms with E-state index in [4.69, 9.17) is 0 Å². The average molecular weight is 362 g/mol. The summed E-state index contributed by atoms with van der Waals surface area (Å²) in [5.41, 5.74) is 1.79. The van der Waals surface area contributed by atoms with Crippen LogP contribution >= 0.6 is 11.3 Å². The molecule has 0 aliphatic heterocycles. The molecule has 7 heteroatoms. The number of aryl methyl sites for hydroxylation is 1. The molecule has 6 nitrogen and oxygen atoms in total. The normalized spacial score (nSPS) is 11.0. The number of anilines is 3. The lowest BCUT2D eigenvalue weighted by Crippen LogP contribution is -2.31. The number of nitrogens with zero attached hydrogens (tertiary/aromatic N) is 3. The summed E-state index contributed by atoms with van der Waals surface area (Å²) in [6.07, 6.45) is 0. The van der Waals surface area contributed by atoms with Crippen LogP contribution in [0.5, 0.6) is 0 Å². The summed E-state index contributed by atoms with van der Waals surface area (Å²) >= 11 is 1.40. The van der Waals surface area contributed by atoms with Gasteiger partial charge in [-0.25, -0.2) is 4.79 Å². The maximum atomic E-state index is 12.2. The van der Waals surface area contributed by atoms with Crippen LogP contribution in [-0.4, -0.2) is 29.3 Å². The fourth-order valence-electron chi connectivity index (χ4n) is 2.47. The van der Waals surface area contributed by atoms with Crippen LogP contribution < -0.4 is 15.5 Å². The number of rotatable bonds is 7. The first-order valence-electron chi connectivity index (χ1n) is 8.57. The molecule has 0 aliphatic carbocycles. The molecule has 0 fully saturated rings. The van der Waals surface area contributed by atoms with Gasteiger partial charge >= 0.3 is 6.03 Å². The van der Waals surface area contributed by atoms with Gasteiger partial charge in [0, 0.05) is 18.8 Å². The van der Waals surface area contributed by atoms with Gasteiger partial charge in [-0.15, -0.1) is 10.2 Å². The molecule has 2 rings (SSSR count). The van der Waals surface area contributed by atoms with E-state index in [1.807, 2.05) is 31.2 Å². The molecule has 0 saturated carbocycles. The van der Waals surface area contributed by atoms with Crippen LogP contribution in [0.15, 0.2) is 24.3 Å². The van der Waals surface area contributed by atoms with E-state index in [1.54, 1.807) is 0 Å². The van der Waals surface area contributed by atoms with Crippen molar-refractivity contribution < 1.29 is 4.79 Å². The first-order chi connectivity index (χ1) is 11.8. The molecule has 2 amide bonds. The van der Waals surface area contributed by atoms with Gasteiger partial charge in [-0.05, 0) is 30.4 Å². The van der Waals surface area contributed by atoms with Crippen LogP contribution in [0.2, 0.25) is 0 Å². The lowest BCUT2D eigenvalue weighted by Gasteiger charge is -2.25. The Morgan fingerprint density at radius 1 is 1.08 bits per heavy atom. The predicted octanol–water partition coefficient (Wildman–Crippen LogP) is 4.61. The molecule has 2 N–H and O–H groups in total. The number of carbonyl (C=O) groups is 1. The Balaban J connectivity index is 2.01. The van der Waals surface area contributed by atoms with Crippen LogP contribution in [0.3, 0.4) is 0 Å². The highest BCUT2D eigenvalue weighted by Gasteiger charge is 2.16. The lowest BCUT2D eigenvalue weighted by molar-refractivity contribution is 0.262. The maximum Gasteiger partial charge on any atom is 0.325 e. The predicted molar refractivity (Wildman–Crippen MR) is 106 cm³/mol. The molecule has 0 saturated heterocycles. The molecular weight excluding hydrogens is 334 g/mol. The van der Waals surface area contributed by atoms with Crippen LogP contribution in [0.4, 0.5) is 20.7 Å². The van der Waals surface area contributed by atoms with E-state index in [9.17, 15) is 4.79 Å². The van der Waals surface area contributed by atoms with Gasteiger partial charge < -0.3 is 10.2 Å². The van der Waals surface area contributed by atoms with Crippen molar-refractivity contribution in [3.8, 4) is 0 Å². The second kappa shape index (κ2) is 8.80. The summed E-state index contributed by atoms with van der Waals surface area (Å²) in [6, 6.07) is 7.34. The number of hydrogen-bond acceptors (Lipinski definition) is 5. The van der Waals surface area contributed by atoms with Gasteiger partial charge in [-0.2, -0.15) is 0 Å². The topological polar surface area (TPSA) is 70.1 Å². The standard InChI is InChI=1S/C18H27N5OS/c1-12(2)10-23(11-13(3)4)18-22-21-17(25-18)20-16(24)19-15-9-7-6-8-14(15)5/h6-9,12-13H,10-11H2,1-5H3,(H2,19,20,21,24). The van der Waals surface area contributed by atoms with Gasteiger partial charge in [-0.1, -0.05) is 57.2 Å². The van der Waals surface area contributed by atoms with Gasteiger partial charge in [0.1, 0.15) is 0 Å². The van der Waals surface area contributed by atoms with Crippen LogP contribution in [0, 0.1) is 18.8 Å². The highest BCUT2D eigenvalue weighted by Crippen LogP contribution is 2.26. The van der Waals surface area contributed by atoms with Crippen molar-refractivity contribution in [1.82, 2.24) is 10.2 Å². The summed E-state index contributed by atoms with van der Waals surface area (Å²) in [7, 11) is 0. The zero-order valence-electron chi connectivity index (χ0n) is 15.5. The first-order valence-corrected chi connectivity index (χ1v) is 9.39. The highest BCUT2D eigenvalue weighted by molar-refractivity contribution is 7.19. The minimum atomic E-state index is -0.309. The van der Waals surface area contributed by atoms with Gasteiger partial charge in [0.25, 0.3) is 0 Å². The lowest BCUT2D eigenvalue weighted by atomic mass is 10.1. The van der Waals surface area contributed by atoms with Crippen LogP contribution in [0.25, 0.3) is 0 Å². The van der Waals surface area contributed by atoms with Crippen LogP contribution in [0.1, 0.15) is 33.3 Å². The quantitative estimate of drug-likeness (QED) is 0.755. The Morgan fingerprint density at radius 2 is 1.72 bits per heavy atom. The zero-order chi connectivity index (χ0) is 18.4. The highest BCUT2D eigenvalue weighted by atomic mass is 32.1. The molecule has 0 radical (unpaired) electrons. The molecule has 1 aromatic carbocycles. The minimum absolute atomic E-state index is 0.309. The molecular formula is C18H27N5OS. The number of nitrogens with one attached hydrogen (secondary N) is 2. The number of amides is 2. The summed E-state index contributed by atoms with van der Waals surface area (Å²) in [5.74, 6) is 1.06. The van der Waals surface area contributed by atoms with E-state index in [1.165, 1.54) is 11.3 Å². The first kappa shape index (κ1) is 19.2. The van der Waals surface area contributed by atoms with E-state index >= 15 is 0 Å². The van der Waals surface area contributed by atoms with Gasteiger partial charge in [-0.3, -0.25) is 5.32 Å². The fourth-order valence-corrected chi connectivity index (χ4v) is 3.23. The summed E-state index contributed by atoms with van der Waals surface area (Å²) < 4.78 is 0. The van der Waals surface area contributed by atoms with E-state index in [2.05, 4.69) is 53.4 Å². The van der Waals surface area contributed by atoms with E-state index < -0.39 is 0 Å². The third kappa shape index (κ3) is 6.01. The maximum absolute atomic E-state index is 12.2. The van der Waals surface area contributed by atoms with Crippen molar-refractivity contribution in [2.24, 2.45) is 11.8 Å². The molecule has 0 aliphatic rings. The Morgan fingerprint density at radius 3 is 2.32 bits per heavy atom. The smallest absolute Gasteiger partial charge is 0.325 e. The SMILES string of the molecule is Cc1ccccc1NC(=O)Nc1nnc(N(CC(C)C)CC(C)C)s1. The Kier molecular flexibility index (Phi) is 6.75. The van der Waals surface area contributed by atoms with Gasteiger partial charge in [0.2, 0.25) is 10.3 Å².